The number of halogens is 2. The summed E-state index contributed by atoms with van der Waals surface area (Å²) < 4.78 is 13.5. The zero-order valence-corrected chi connectivity index (χ0v) is 18.5. The Kier molecular flexibility index (Phi) is 5.03. The Bertz CT molecular complexity index is 1350. The number of imide groups is 1. The minimum atomic E-state index is -0.893. The lowest BCUT2D eigenvalue weighted by molar-refractivity contribution is -0.129. The summed E-state index contributed by atoms with van der Waals surface area (Å²) >= 11 is 7.18. The van der Waals surface area contributed by atoms with Gasteiger partial charge in [0.25, 0.3) is 5.91 Å². The molecule has 1 N–H and O–H groups in total. The van der Waals surface area contributed by atoms with Crippen molar-refractivity contribution in [1.82, 2.24) is 20.0 Å². The van der Waals surface area contributed by atoms with Gasteiger partial charge in [-0.3, -0.25) is 9.69 Å². The van der Waals surface area contributed by atoms with Gasteiger partial charge in [-0.2, -0.15) is 5.26 Å². The quantitative estimate of drug-likeness (QED) is 0.548. The van der Waals surface area contributed by atoms with Crippen molar-refractivity contribution in [2.24, 2.45) is 0 Å². The standard InChI is InChI=1S/C22H15ClFN5O3S/c23-17-14(5-6-15(24)18(17)30)19-27-26-16(33-19)11-29-21(32)28(20(31)22(29)7-8-22)10-13-4-2-1-3-12(13)9-25/h1-6,30H,7-8,10-11H2. The average Bonchev–Trinajstić information content (AvgIpc) is 3.46. The van der Waals surface area contributed by atoms with E-state index >= 15 is 0 Å². The molecule has 0 bridgehead atoms. The van der Waals surface area contributed by atoms with E-state index in [9.17, 15) is 24.3 Å². The third kappa shape index (κ3) is 3.41. The summed E-state index contributed by atoms with van der Waals surface area (Å²) in [5.41, 5.74) is 0.438. The van der Waals surface area contributed by atoms with Crippen molar-refractivity contribution in [3.63, 3.8) is 0 Å². The molecular formula is C22H15ClFN5O3S. The first-order valence-electron chi connectivity index (χ1n) is 9.97. The first-order chi connectivity index (χ1) is 15.9. The van der Waals surface area contributed by atoms with E-state index in [0.29, 0.717) is 39.5 Å². The molecule has 1 aliphatic heterocycles. The molecule has 3 aromatic rings. The average molecular weight is 484 g/mol. The molecule has 1 saturated heterocycles. The molecule has 3 amide bonds. The Balaban J connectivity index is 1.40. The Labute approximate surface area is 196 Å². The summed E-state index contributed by atoms with van der Waals surface area (Å²) in [6.45, 7) is 0.0922. The Morgan fingerprint density at radius 1 is 1.18 bits per heavy atom. The number of nitrogens with zero attached hydrogens (tertiary/aromatic N) is 5. The second-order valence-electron chi connectivity index (χ2n) is 7.82. The number of carbonyl (C=O) groups is 2. The minimum Gasteiger partial charge on any atom is -0.504 e. The molecule has 33 heavy (non-hydrogen) atoms. The van der Waals surface area contributed by atoms with Crippen LogP contribution in [0, 0.1) is 17.1 Å². The highest BCUT2D eigenvalue weighted by atomic mass is 35.5. The predicted octanol–water partition coefficient (Wildman–Crippen LogP) is 4.07. The monoisotopic (exact) mass is 483 g/mol. The lowest BCUT2D eigenvalue weighted by Gasteiger charge is -2.19. The molecule has 0 atom stereocenters. The van der Waals surface area contributed by atoms with Gasteiger partial charge in [-0.1, -0.05) is 41.1 Å². The number of phenolic OH excluding ortho intramolecular Hbond substituents is 1. The van der Waals surface area contributed by atoms with Crippen molar-refractivity contribution in [2.45, 2.75) is 31.5 Å². The molecular weight excluding hydrogens is 469 g/mol. The zero-order valence-electron chi connectivity index (χ0n) is 17.0. The van der Waals surface area contributed by atoms with Crippen LogP contribution in [-0.2, 0) is 17.9 Å². The van der Waals surface area contributed by atoms with Gasteiger partial charge in [0.1, 0.15) is 15.6 Å². The fraction of sp³-hybridized carbons (Fsp3) is 0.227. The largest absolute Gasteiger partial charge is 0.504 e. The molecule has 8 nitrogen and oxygen atoms in total. The second-order valence-corrected chi connectivity index (χ2v) is 9.26. The van der Waals surface area contributed by atoms with Crippen LogP contribution < -0.4 is 0 Å². The number of nitriles is 1. The van der Waals surface area contributed by atoms with E-state index < -0.39 is 23.1 Å². The number of aromatic hydroxyl groups is 1. The smallest absolute Gasteiger partial charge is 0.328 e. The van der Waals surface area contributed by atoms with Gasteiger partial charge < -0.3 is 10.0 Å². The van der Waals surface area contributed by atoms with Gasteiger partial charge in [0.2, 0.25) is 0 Å². The maximum Gasteiger partial charge on any atom is 0.328 e. The van der Waals surface area contributed by atoms with Crippen molar-refractivity contribution in [2.75, 3.05) is 0 Å². The van der Waals surface area contributed by atoms with E-state index in [2.05, 4.69) is 16.3 Å². The van der Waals surface area contributed by atoms with E-state index in [1.54, 1.807) is 24.3 Å². The van der Waals surface area contributed by atoms with Crippen LogP contribution in [0.5, 0.6) is 5.75 Å². The minimum absolute atomic E-state index is 0.0193. The van der Waals surface area contributed by atoms with Crippen molar-refractivity contribution in [3.05, 3.63) is 63.4 Å². The molecule has 1 aliphatic carbocycles. The highest BCUT2D eigenvalue weighted by molar-refractivity contribution is 7.14. The van der Waals surface area contributed by atoms with Crippen LogP contribution in [0.15, 0.2) is 36.4 Å². The van der Waals surface area contributed by atoms with Crippen molar-refractivity contribution >= 4 is 34.9 Å². The van der Waals surface area contributed by atoms with Gasteiger partial charge in [0, 0.05) is 5.56 Å². The van der Waals surface area contributed by atoms with Crippen LogP contribution in [-0.4, -0.2) is 42.6 Å². The molecule has 2 fully saturated rings. The van der Waals surface area contributed by atoms with Crippen LogP contribution in [0.4, 0.5) is 9.18 Å². The summed E-state index contributed by atoms with van der Waals surface area (Å²) in [5, 5.41) is 27.9. The lowest BCUT2D eigenvalue weighted by Crippen LogP contribution is -2.36. The zero-order chi connectivity index (χ0) is 23.3. The first kappa shape index (κ1) is 21.3. The van der Waals surface area contributed by atoms with Crippen LogP contribution in [0.2, 0.25) is 5.02 Å². The van der Waals surface area contributed by atoms with Gasteiger partial charge in [-0.15, -0.1) is 10.2 Å². The first-order valence-corrected chi connectivity index (χ1v) is 11.2. The van der Waals surface area contributed by atoms with Crippen molar-refractivity contribution in [1.29, 1.82) is 5.26 Å². The van der Waals surface area contributed by atoms with E-state index in [-0.39, 0.29) is 24.0 Å². The van der Waals surface area contributed by atoms with Crippen LogP contribution >= 0.6 is 22.9 Å². The molecule has 2 aliphatic rings. The predicted molar refractivity (Wildman–Crippen MR) is 117 cm³/mol. The summed E-state index contributed by atoms with van der Waals surface area (Å²) in [6.07, 6.45) is 1.11. The molecule has 1 spiro atoms. The molecule has 0 radical (unpaired) electrons. The number of benzene rings is 2. The number of aromatic nitrogens is 2. The van der Waals surface area contributed by atoms with E-state index in [1.807, 2.05) is 0 Å². The van der Waals surface area contributed by atoms with Gasteiger partial charge in [0.15, 0.2) is 11.6 Å². The highest BCUT2D eigenvalue weighted by Crippen LogP contribution is 2.49. The Hall–Kier alpha value is -3.55. The third-order valence-corrected chi connectivity index (χ3v) is 7.19. The summed E-state index contributed by atoms with van der Waals surface area (Å²) in [6, 6.07) is 11.0. The molecule has 166 valence electrons. The maximum atomic E-state index is 13.5. The van der Waals surface area contributed by atoms with E-state index in [4.69, 9.17) is 11.6 Å². The fourth-order valence-corrected chi connectivity index (χ4v) is 5.11. The topological polar surface area (TPSA) is 110 Å². The van der Waals surface area contributed by atoms with E-state index in [1.165, 1.54) is 15.9 Å². The number of carbonyl (C=O) groups excluding carboxylic acids is 2. The van der Waals surface area contributed by atoms with E-state index in [0.717, 1.165) is 17.4 Å². The van der Waals surface area contributed by atoms with Crippen LogP contribution in [0.3, 0.4) is 0 Å². The fourth-order valence-electron chi connectivity index (χ4n) is 3.95. The number of hydrogen-bond acceptors (Lipinski definition) is 7. The molecule has 5 rings (SSSR count). The SMILES string of the molecule is N#Cc1ccccc1CN1C(=O)N(Cc2nnc(-c3ccc(F)c(O)c3Cl)s2)C2(CC2)C1=O. The molecule has 11 heteroatoms. The lowest BCUT2D eigenvalue weighted by atomic mass is 10.1. The van der Waals surface area contributed by atoms with Crippen molar-refractivity contribution in [3.8, 4) is 22.4 Å². The highest BCUT2D eigenvalue weighted by Gasteiger charge is 2.64. The van der Waals surface area contributed by atoms with Gasteiger partial charge in [-0.25, -0.2) is 9.18 Å². The van der Waals surface area contributed by atoms with Gasteiger partial charge in [-0.05, 0) is 36.6 Å². The molecule has 0 unspecified atom stereocenters. The Morgan fingerprint density at radius 2 is 1.94 bits per heavy atom. The summed E-state index contributed by atoms with van der Waals surface area (Å²) in [7, 11) is 0. The Morgan fingerprint density at radius 3 is 2.67 bits per heavy atom. The van der Waals surface area contributed by atoms with Gasteiger partial charge in [0.05, 0.1) is 29.7 Å². The number of rotatable bonds is 5. The molecule has 2 heterocycles. The van der Waals surface area contributed by atoms with Crippen LogP contribution in [0.25, 0.3) is 10.6 Å². The normalized spacial score (nSPS) is 16.5. The van der Waals surface area contributed by atoms with Gasteiger partial charge >= 0.3 is 6.03 Å². The molecule has 1 saturated carbocycles. The molecule has 1 aromatic heterocycles. The summed E-state index contributed by atoms with van der Waals surface area (Å²) in [4.78, 5) is 29.0. The second kappa shape index (κ2) is 7.79. The molecule has 2 aromatic carbocycles. The number of phenols is 1. The summed E-state index contributed by atoms with van der Waals surface area (Å²) in [5.74, 6) is -1.80. The number of amides is 3. The third-order valence-electron chi connectivity index (χ3n) is 5.87. The van der Waals surface area contributed by atoms with Crippen LogP contribution in [0.1, 0.15) is 29.0 Å². The maximum absolute atomic E-state index is 13.5. The van der Waals surface area contributed by atoms with Crippen molar-refractivity contribution < 1.29 is 19.1 Å². The number of urea groups is 1. The number of hydrogen-bond donors (Lipinski definition) is 1.